The zero-order valence-electron chi connectivity index (χ0n) is 12.9. The molecule has 0 fully saturated rings. The summed E-state index contributed by atoms with van der Waals surface area (Å²) in [5, 5.41) is 9.33. The monoisotopic (exact) mass is 326 g/mol. The first-order valence-corrected chi connectivity index (χ1v) is 8.45. The molecule has 0 aliphatic carbocycles. The maximum atomic E-state index is 12.3. The molecule has 3 rings (SSSR count). The lowest BCUT2D eigenvalue weighted by molar-refractivity contribution is 0.0948. The van der Waals surface area contributed by atoms with Crippen molar-refractivity contribution in [2.75, 3.05) is 6.54 Å². The Morgan fingerprint density at radius 1 is 1.30 bits per heavy atom. The highest BCUT2D eigenvalue weighted by atomic mass is 32.1. The topological polar surface area (TPSA) is 59.8 Å². The van der Waals surface area contributed by atoms with E-state index in [2.05, 4.69) is 15.4 Å². The van der Waals surface area contributed by atoms with E-state index in [0.717, 1.165) is 22.8 Å². The van der Waals surface area contributed by atoms with Gasteiger partial charge in [-0.2, -0.15) is 5.10 Å². The first-order valence-electron chi connectivity index (χ1n) is 7.57. The van der Waals surface area contributed by atoms with Crippen LogP contribution in [0, 0.1) is 0 Å². The third kappa shape index (κ3) is 3.65. The first kappa shape index (κ1) is 15.4. The molecule has 3 aromatic rings. The minimum atomic E-state index is -0.147. The van der Waals surface area contributed by atoms with Gasteiger partial charge >= 0.3 is 0 Å². The molecule has 0 atom stereocenters. The van der Waals surface area contributed by atoms with Crippen molar-refractivity contribution in [3.8, 4) is 10.6 Å². The summed E-state index contributed by atoms with van der Waals surface area (Å²) < 4.78 is 1.86. The number of pyridine rings is 1. The van der Waals surface area contributed by atoms with E-state index >= 15 is 0 Å². The molecule has 6 heteroatoms. The van der Waals surface area contributed by atoms with E-state index in [-0.39, 0.29) is 5.91 Å². The van der Waals surface area contributed by atoms with E-state index in [1.54, 1.807) is 17.5 Å². The van der Waals surface area contributed by atoms with Crippen molar-refractivity contribution < 1.29 is 4.79 Å². The lowest BCUT2D eigenvalue weighted by atomic mass is 10.2. The number of carbonyl (C=O) groups excluding carboxylic acids is 1. The highest BCUT2D eigenvalue weighted by Gasteiger charge is 2.15. The number of carbonyl (C=O) groups is 1. The van der Waals surface area contributed by atoms with Gasteiger partial charge in [0.15, 0.2) is 5.69 Å². The number of nitrogens with zero attached hydrogens (tertiary/aromatic N) is 3. The molecule has 0 bridgehead atoms. The molecule has 0 saturated heterocycles. The van der Waals surface area contributed by atoms with Crippen LogP contribution in [-0.2, 0) is 13.0 Å². The molecular formula is C17H18N4OS. The van der Waals surface area contributed by atoms with Gasteiger partial charge in [0, 0.05) is 31.4 Å². The Labute approximate surface area is 139 Å². The number of hydrogen-bond donors (Lipinski definition) is 1. The summed E-state index contributed by atoms with van der Waals surface area (Å²) in [6.07, 6.45) is 2.46. The van der Waals surface area contributed by atoms with Gasteiger partial charge < -0.3 is 5.32 Å². The van der Waals surface area contributed by atoms with Crippen molar-refractivity contribution in [1.82, 2.24) is 20.1 Å². The largest absolute Gasteiger partial charge is 0.350 e. The van der Waals surface area contributed by atoms with E-state index < -0.39 is 0 Å². The van der Waals surface area contributed by atoms with Gasteiger partial charge in [0.2, 0.25) is 0 Å². The lowest BCUT2D eigenvalue weighted by Crippen LogP contribution is -2.26. The molecular weight excluding hydrogens is 308 g/mol. The molecule has 23 heavy (non-hydrogen) atoms. The molecule has 5 nitrogen and oxygen atoms in total. The summed E-state index contributed by atoms with van der Waals surface area (Å²) >= 11 is 1.64. The van der Waals surface area contributed by atoms with Gasteiger partial charge in [-0.3, -0.25) is 14.5 Å². The van der Waals surface area contributed by atoms with E-state index in [1.807, 2.05) is 53.4 Å². The number of thiophene rings is 1. The summed E-state index contributed by atoms with van der Waals surface area (Å²) in [7, 11) is 0. The average Bonchev–Trinajstić information content (AvgIpc) is 3.24. The Hall–Kier alpha value is -2.47. The van der Waals surface area contributed by atoms with E-state index in [9.17, 15) is 4.79 Å². The summed E-state index contributed by atoms with van der Waals surface area (Å²) in [4.78, 5) is 17.6. The van der Waals surface area contributed by atoms with E-state index in [4.69, 9.17) is 0 Å². The normalized spacial score (nSPS) is 10.7. The van der Waals surface area contributed by atoms with Gasteiger partial charge in [-0.05, 0) is 36.6 Å². The van der Waals surface area contributed by atoms with Crippen molar-refractivity contribution in [1.29, 1.82) is 0 Å². The Balaban J connectivity index is 1.66. The smallest absolute Gasteiger partial charge is 0.271 e. The molecule has 1 N–H and O–H groups in total. The van der Waals surface area contributed by atoms with Crippen LogP contribution in [0.2, 0.25) is 0 Å². The summed E-state index contributed by atoms with van der Waals surface area (Å²) in [5.74, 6) is -0.147. The number of aryl methyl sites for hydroxylation is 1. The molecule has 0 aliphatic rings. The number of nitrogens with one attached hydrogen (secondary N) is 1. The van der Waals surface area contributed by atoms with Crippen LogP contribution in [0.25, 0.3) is 10.6 Å². The Morgan fingerprint density at radius 2 is 2.22 bits per heavy atom. The van der Waals surface area contributed by atoms with Crippen LogP contribution < -0.4 is 5.32 Å². The fraction of sp³-hybridized carbons (Fsp3) is 0.235. The van der Waals surface area contributed by atoms with Crippen LogP contribution in [0.15, 0.2) is 48.0 Å². The number of hydrogen-bond acceptors (Lipinski definition) is 4. The van der Waals surface area contributed by atoms with Gasteiger partial charge in [0.05, 0.1) is 10.6 Å². The molecule has 0 radical (unpaired) electrons. The van der Waals surface area contributed by atoms with Crippen LogP contribution >= 0.6 is 11.3 Å². The zero-order valence-corrected chi connectivity index (χ0v) is 13.7. The van der Waals surface area contributed by atoms with Crippen LogP contribution in [-0.4, -0.2) is 27.2 Å². The van der Waals surface area contributed by atoms with Gasteiger partial charge in [0.25, 0.3) is 5.91 Å². The minimum absolute atomic E-state index is 0.147. The molecule has 3 heterocycles. The maximum Gasteiger partial charge on any atom is 0.271 e. The predicted molar refractivity (Wildman–Crippen MR) is 91.5 cm³/mol. The molecule has 0 aliphatic heterocycles. The van der Waals surface area contributed by atoms with Gasteiger partial charge in [-0.25, -0.2) is 0 Å². The number of amides is 1. The Kier molecular flexibility index (Phi) is 4.83. The Morgan fingerprint density at radius 3 is 2.91 bits per heavy atom. The van der Waals surface area contributed by atoms with E-state index in [0.29, 0.717) is 18.7 Å². The van der Waals surface area contributed by atoms with Crippen LogP contribution in [0.4, 0.5) is 0 Å². The summed E-state index contributed by atoms with van der Waals surface area (Å²) in [6, 6.07) is 11.7. The lowest BCUT2D eigenvalue weighted by Gasteiger charge is -2.02. The van der Waals surface area contributed by atoms with Gasteiger partial charge in [-0.1, -0.05) is 12.1 Å². The SMILES string of the molecule is CCn1nc(C(=O)NCCc2ccccn2)cc1-c1cccs1. The minimum Gasteiger partial charge on any atom is -0.350 e. The number of rotatable bonds is 6. The van der Waals surface area contributed by atoms with Crippen molar-refractivity contribution in [2.24, 2.45) is 0 Å². The molecule has 0 saturated carbocycles. The first-order chi connectivity index (χ1) is 11.3. The second-order valence-corrected chi connectivity index (χ2v) is 5.98. The molecule has 1 amide bonds. The van der Waals surface area contributed by atoms with Gasteiger partial charge in [0.1, 0.15) is 0 Å². The van der Waals surface area contributed by atoms with Crippen molar-refractivity contribution in [2.45, 2.75) is 19.9 Å². The third-order valence-electron chi connectivity index (χ3n) is 3.48. The van der Waals surface area contributed by atoms with Crippen LogP contribution in [0.5, 0.6) is 0 Å². The molecule has 118 valence electrons. The van der Waals surface area contributed by atoms with Crippen LogP contribution in [0.3, 0.4) is 0 Å². The fourth-order valence-electron chi connectivity index (χ4n) is 2.33. The van der Waals surface area contributed by atoms with Crippen LogP contribution in [0.1, 0.15) is 23.1 Å². The quantitative estimate of drug-likeness (QED) is 0.757. The Bertz CT molecular complexity index is 765. The van der Waals surface area contributed by atoms with Gasteiger partial charge in [-0.15, -0.1) is 11.3 Å². The van der Waals surface area contributed by atoms with Crippen molar-refractivity contribution in [3.05, 3.63) is 59.4 Å². The second-order valence-electron chi connectivity index (χ2n) is 5.03. The van der Waals surface area contributed by atoms with Crippen molar-refractivity contribution in [3.63, 3.8) is 0 Å². The molecule has 3 aromatic heterocycles. The zero-order chi connectivity index (χ0) is 16.1. The number of aromatic nitrogens is 3. The fourth-order valence-corrected chi connectivity index (χ4v) is 3.08. The molecule has 0 aromatic carbocycles. The second kappa shape index (κ2) is 7.19. The highest BCUT2D eigenvalue weighted by Crippen LogP contribution is 2.25. The summed E-state index contributed by atoms with van der Waals surface area (Å²) in [5.41, 5.74) is 2.40. The predicted octanol–water partition coefficient (Wildman–Crippen LogP) is 3.00. The van der Waals surface area contributed by atoms with E-state index in [1.165, 1.54) is 0 Å². The molecule has 0 unspecified atom stereocenters. The highest BCUT2D eigenvalue weighted by molar-refractivity contribution is 7.13. The maximum absolute atomic E-state index is 12.3. The molecule has 0 spiro atoms. The third-order valence-corrected chi connectivity index (χ3v) is 4.37. The standard InChI is InChI=1S/C17H18N4OS/c1-2-21-15(16-7-5-11-23-16)12-14(20-21)17(22)19-10-8-13-6-3-4-9-18-13/h3-7,9,11-12H,2,8,10H2,1H3,(H,19,22). The van der Waals surface area contributed by atoms with Crippen molar-refractivity contribution >= 4 is 17.2 Å². The summed E-state index contributed by atoms with van der Waals surface area (Å²) in [6.45, 7) is 3.30. The average molecular weight is 326 g/mol.